The molecule has 0 saturated carbocycles. The van der Waals surface area contributed by atoms with E-state index in [-0.39, 0.29) is 12.4 Å². The standard InChI is InChI=1S/C21H36O2/c1-14(2)13-20(15(3)4)18-9-11-19(12-10-18)23-21(16(5)6)22-17(7)8/h9-12,14-17,20-21H,13H2,1-8H3. The van der Waals surface area contributed by atoms with E-state index in [0.29, 0.717) is 23.7 Å². The minimum atomic E-state index is -0.197. The van der Waals surface area contributed by atoms with Gasteiger partial charge in [0.2, 0.25) is 6.29 Å². The molecule has 0 N–H and O–H groups in total. The molecule has 1 rings (SSSR count). The molecule has 0 aromatic heterocycles. The maximum atomic E-state index is 6.04. The van der Waals surface area contributed by atoms with Gasteiger partial charge in [0.15, 0.2) is 0 Å². The fourth-order valence-corrected chi connectivity index (χ4v) is 2.82. The van der Waals surface area contributed by atoms with Gasteiger partial charge in [0.05, 0.1) is 6.10 Å². The average molecular weight is 321 g/mol. The zero-order valence-corrected chi connectivity index (χ0v) is 16.3. The van der Waals surface area contributed by atoms with Crippen LogP contribution in [0.1, 0.15) is 73.3 Å². The van der Waals surface area contributed by atoms with Gasteiger partial charge in [-0.2, -0.15) is 0 Å². The predicted molar refractivity (Wildman–Crippen MR) is 99.0 cm³/mol. The zero-order chi connectivity index (χ0) is 17.6. The smallest absolute Gasteiger partial charge is 0.202 e. The van der Waals surface area contributed by atoms with Crippen LogP contribution in [0.25, 0.3) is 0 Å². The molecule has 132 valence electrons. The topological polar surface area (TPSA) is 18.5 Å². The minimum absolute atomic E-state index is 0.165. The van der Waals surface area contributed by atoms with Crippen molar-refractivity contribution in [2.24, 2.45) is 17.8 Å². The van der Waals surface area contributed by atoms with Crippen LogP contribution in [0.2, 0.25) is 0 Å². The first-order chi connectivity index (χ1) is 10.7. The van der Waals surface area contributed by atoms with Gasteiger partial charge in [-0.1, -0.05) is 53.7 Å². The molecule has 0 bridgehead atoms. The van der Waals surface area contributed by atoms with Gasteiger partial charge >= 0.3 is 0 Å². The fraction of sp³-hybridized carbons (Fsp3) is 0.714. The van der Waals surface area contributed by atoms with Crippen LogP contribution in [0.4, 0.5) is 0 Å². The SMILES string of the molecule is CC(C)CC(c1ccc(OC(OC(C)C)C(C)C)cc1)C(C)C. The van der Waals surface area contributed by atoms with Crippen molar-refractivity contribution in [2.75, 3.05) is 0 Å². The molecule has 0 heterocycles. The van der Waals surface area contributed by atoms with E-state index in [1.54, 1.807) is 0 Å². The summed E-state index contributed by atoms with van der Waals surface area (Å²) in [6, 6.07) is 8.61. The van der Waals surface area contributed by atoms with Gasteiger partial charge in [0, 0.05) is 5.92 Å². The molecule has 2 atom stereocenters. The van der Waals surface area contributed by atoms with Crippen LogP contribution in [-0.2, 0) is 4.74 Å². The average Bonchev–Trinajstić information content (AvgIpc) is 2.44. The summed E-state index contributed by atoms with van der Waals surface area (Å²) in [4.78, 5) is 0. The van der Waals surface area contributed by atoms with Crippen molar-refractivity contribution < 1.29 is 9.47 Å². The summed E-state index contributed by atoms with van der Waals surface area (Å²) in [5.74, 6) is 3.18. The Labute approximate surface area is 143 Å². The van der Waals surface area contributed by atoms with Crippen molar-refractivity contribution in [3.05, 3.63) is 29.8 Å². The van der Waals surface area contributed by atoms with Crippen molar-refractivity contribution in [3.8, 4) is 5.75 Å². The first-order valence-corrected chi connectivity index (χ1v) is 9.12. The normalized spacial score (nSPS) is 14.8. The lowest BCUT2D eigenvalue weighted by molar-refractivity contribution is -0.132. The molecule has 1 aromatic rings. The summed E-state index contributed by atoms with van der Waals surface area (Å²) in [5, 5.41) is 0. The Hall–Kier alpha value is -1.02. The van der Waals surface area contributed by atoms with E-state index in [0.717, 1.165) is 5.75 Å². The van der Waals surface area contributed by atoms with Crippen LogP contribution in [0, 0.1) is 17.8 Å². The molecule has 2 heteroatoms. The van der Waals surface area contributed by atoms with E-state index in [1.807, 2.05) is 13.8 Å². The second-order valence-electron chi connectivity index (χ2n) is 7.96. The van der Waals surface area contributed by atoms with Crippen LogP contribution in [0.5, 0.6) is 5.75 Å². The molecule has 23 heavy (non-hydrogen) atoms. The molecule has 0 spiro atoms. The molecular weight excluding hydrogens is 284 g/mol. The van der Waals surface area contributed by atoms with Gasteiger partial charge in [0.25, 0.3) is 0 Å². The van der Waals surface area contributed by atoms with Crippen molar-refractivity contribution in [2.45, 2.75) is 80.1 Å². The molecule has 0 aliphatic heterocycles. The van der Waals surface area contributed by atoms with E-state index >= 15 is 0 Å². The van der Waals surface area contributed by atoms with Gasteiger partial charge in [0.1, 0.15) is 5.75 Å². The van der Waals surface area contributed by atoms with Gasteiger partial charge < -0.3 is 9.47 Å². The summed E-state index contributed by atoms with van der Waals surface area (Å²) in [6.45, 7) is 17.5. The first-order valence-electron chi connectivity index (χ1n) is 9.12. The third-order valence-electron chi connectivity index (χ3n) is 4.04. The Morgan fingerprint density at radius 2 is 1.35 bits per heavy atom. The molecule has 2 nitrogen and oxygen atoms in total. The monoisotopic (exact) mass is 320 g/mol. The van der Waals surface area contributed by atoms with Crippen LogP contribution in [0.3, 0.4) is 0 Å². The molecule has 0 saturated heterocycles. The summed E-state index contributed by atoms with van der Waals surface area (Å²) in [6.07, 6.45) is 1.19. The highest BCUT2D eigenvalue weighted by atomic mass is 16.7. The molecule has 0 aliphatic carbocycles. The number of hydrogen-bond donors (Lipinski definition) is 0. The molecule has 2 unspecified atom stereocenters. The van der Waals surface area contributed by atoms with Crippen LogP contribution >= 0.6 is 0 Å². The quantitative estimate of drug-likeness (QED) is 0.500. The van der Waals surface area contributed by atoms with Gasteiger partial charge in [-0.3, -0.25) is 0 Å². The number of rotatable bonds is 9. The van der Waals surface area contributed by atoms with Gasteiger partial charge in [-0.05, 0) is 55.7 Å². The molecule has 1 aromatic carbocycles. The van der Waals surface area contributed by atoms with Crippen molar-refractivity contribution in [1.82, 2.24) is 0 Å². The second-order valence-corrected chi connectivity index (χ2v) is 7.96. The maximum absolute atomic E-state index is 6.04. The van der Waals surface area contributed by atoms with Crippen LogP contribution in [0.15, 0.2) is 24.3 Å². The number of hydrogen-bond acceptors (Lipinski definition) is 2. The highest BCUT2D eigenvalue weighted by Crippen LogP contribution is 2.32. The Bertz CT molecular complexity index is 432. The van der Waals surface area contributed by atoms with E-state index in [4.69, 9.17) is 9.47 Å². The highest BCUT2D eigenvalue weighted by molar-refractivity contribution is 5.30. The van der Waals surface area contributed by atoms with E-state index < -0.39 is 0 Å². The molecule has 0 radical (unpaired) electrons. The summed E-state index contributed by atoms with van der Waals surface area (Å²) in [5.41, 5.74) is 1.41. The molecule has 0 aliphatic rings. The van der Waals surface area contributed by atoms with E-state index in [2.05, 4.69) is 65.8 Å². The lowest BCUT2D eigenvalue weighted by Gasteiger charge is -2.26. The molecule has 0 amide bonds. The fourth-order valence-electron chi connectivity index (χ4n) is 2.82. The maximum Gasteiger partial charge on any atom is 0.202 e. The van der Waals surface area contributed by atoms with E-state index in [9.17, 15) is 0 Å². The van der Waals surface area contributed by atoms with Crippen molar-refractivity contribution in [1.29, 1.82) is 0 Å². The largest absolute Gasteiger partial charge is 0.465 e. The third-order valence-corrected chi connectivity index (χ3v) is 4.04. The number of ether oxygens (including phenoxy) is 2. The third kappa shape index (κ3) is 6.95. The van der Waals surface area contributed by atoms with Crippen LogP contribution in [-0.4, -0.2) is 12.4 Å². The summed E-state index contributed by atoms with van der Waals surface area (Å²) >= 11 is 0. The minimum Gasteiger partial charge on any atom is -0.465 e. The summed E-state index contributed by atoms with van der Waals surface area (Å²) in [7, 11) is 0. The zero-order valence-electron chi connectivity index (χ0n) is 16.3. The van der Waals surface area contributed by atoms with Crippen LogP contribution < -0.4 is 4.74 Å². The number of benzene rings is 1. The molecular formula is C21H36O2. The first kappa shape index (κ1) is 20.0. The summed E-state index contributed by atoms with van der Waals surface area (Å²) < 4.78 is 11.9. The molecule has 0 fully saturated rings. The Balaban J connectivity index is 2.81. The van der Waals surface area contributed by atoms with Gasteiger partial charge in [-0.25, -0.2) is 0 Å². The Kier molecular flexibility index (Phi) is 8.11. The van der Waals surface area contributed by atoms with Gasteiger partial charge in [-0.15, -0.1) is 0 Å². The lowest BCUT2D eigenvalue weighted by atomic mass is 9.82. The Morgan fingerprint density at radius 1 is 0.783 bits per heavy atom. The second kappa shape index (κ2) is 9.32. The van der Waals surface area contributed by atoms with Crippen molar-refractivity contribution in [3.63, 3.8) is 0 Å². The van der Waals surface area contributed by atoms with Crippen molar-refractivity contribution >= 4 is 0 Å². The predicted octanol–water partition coefficient (Wildman–Crippen LogP) is 6.26. The Morgan fingerprint density at radius 3 is 1.74 bits per heavy atom. The lowest BCUT2D eigenvalue weighted by Crippen LogP contribution is -2.29. The highest BCUT2D eigenvalue weighted by Gasteiger charge is 2.19. The van der Waals surface area contributed by atoms with E-state index in [1.165, 1.54) is 12.0 Å².